The number of nitrogens with one attached hydrogen (secondary N) is 1. The number of hydrogen-bond acceptors (Lipinski definition) is 5. The Kier molecular flexibility index (Phi) is 6.49. The van der Waals surface area contributed by atoms with Gasteiger partial charge in [0.25, 0.3) is 0 Å². The molecular weight excluding hydrogens is 308 g/mol. The quantitative estimate of drug-likeness (QED) is 0.813. The Morgan fingerprint density at radius 1 is 1.48 bits per heavy atom. The van der Waals surface area contributed by atoms with E-state index in [0.29, 0.717) is 11.5 Å². The van der Waals surface area contributed by atoms with Gasteiger partial charge in [-0.25, -0.2) is 18.7 Å². The van der Waals surface area contributed by atoms with Crippen LogP contribution in [0.15, 0.2) is 6.20 Å². The highest BCUT2D eigenvalue weighted by Crippen LogP contribution is 2.28. The van der Waals surface area contributed by atoms with Crippen LogP contribution in [0.3, 0.4) is 0 Å². The molecule has 21 heavy (non-hydrogen) atoms. The number of aromatic nitrogens is 1. The van der Waals surface area contributed by atoms with Crippen LogP contribution in [-0.2, 0) is 15.7 Å². The summed E-state index contributed by atoms with van der Waals surface area (Å²) in [5, 5.41) is 0.755. The van der Waals surface area contributed by atoms with Gasteiger partial charge in [0, 0.05) is 0 Å². The Labute approximate surface area is 133 Å². The third-order valence-corrected chi connectivity index (χ3v) is 5.36. The predicted molar refractivity (Wildman–Crippen MR) is 86.7 cm³/mol. The van der Waals surface area contributed by atoms with E-state index >= 15 is 0 Å². The summed E-state index contributed by atoms with van der Waals surface area (Å²) in [6.07, 6.45) is 1.52. The summed E-state index contributed by atoms with van der Waals surface area (Å²) in [4.78, 5) is 16.5. The van der Waals surface area contributed by atoms with E-state index in [0.717, 1.165) is 5.01 Å². The highest BCUT2D eigenvalue weighted by atomic mass is 32.2. The van der Waals surface area contributed by atoms with Crippen molar-refractivity contribution < 1.29 is 13.7 Å². The second-order valence-corrected chi connectivity index (χ2v) is 9.06. The van der Waals surface area contributed by atoms with E-state index in [4.69, 9.17) is 4.74 Å². The van der Waals surface area contributed by atoms with Crippen LogP contribution in [0.25, 0.3) is 0 Å². The number of hydrogen-bond donors (Lipinski definition) is 1. The van der Waals surface area contributed by atoms with Gasteiger partial charge >= 0.3 is 5.97 Å². The van der Waals surface area contributed by atoms with E-state index in [9.17, 15) is 9.00 Å². The minimum atomic E-state index is -1.19. The van der Waals surface area contributed by atoms with Crippen LogP contribution in [0.2, 0.25) is 0 Å². The lowest BCUT2D eigenvalue weighted by atomic mass is 10.1. The van der Waals surface area contributed by atoms with Gasteiger partial charge in [0.2, 0.25) is 0 Å². The lowest BCUT2D eigenvalue weighted by Gasteiger charge is -2.25. The monoisotopic (exact) mass is 332 g/mol. The maximum absolute atomic E-state index is 12.3. The van der Waals surface area contributed by atoms with Gasteiger partial charge in [-0.1, -0.05) is 13.8 Å². The average molecular weight is 332 g/mol. The van der Waals surface area contributed by atoms with Crippen molar-refractivity contribution in [3.05, 3.63) is 16.1 Å². The molecule has 1 unspecified atom stereocenters. The first-order valence-corrected chi connectivity index (χ1v) is 8.94. The molecule has 1 aromatic rings. The Morgan fingerprint density at radius 2 is 2.10 bits per heavy atom. The summed E-state index contributed by atoms with van der Waals surface area (Å²) >= 11 is 1.29. The second-order valence-electron chi connectivity index (χ2n) is 6.00. The van der Waals surface area contributed by atoms with Crippen molar-refractivity contribution >= 4 is 28.3 Å². The Morgan fingerprint density at radius 3 is 2.57 bits per heavy atom. The van der Waals surface area contributed by atoms with Gasteiger partial charge in [-0.15, -0.1) is 11.3 Å². The van der Waals surface area contributed by atoms with Gasteiger partial charge in [-0.3, -0.25) is 0 Å². The van der Waals surface area contributed by atoms with Gasteiger partial charge < -0.3 is 4.74 Å². The summed E-state index contributed by atoms with van der Waals surface area (Å²) in [5.41, 5.74) is 0. The van der Waals surface area contributed by atoms with Crippen LogP contribution in [0.4, 0.5) is 0 Å². The third-order valence-electron chi connectivity index (χ3n) is 2.72. The molecule has 7 heteroatoms. The number of ether oxygens (including phenoxy) is 1. The fourth-order valence-electron chi connectivity index (χ4n) is 1.49. The molecule has 0 bridgehead atoms. The fraction of sp³-hybridized carbons (Fsp3) is 0.714. The Balaban J connectivity index is 2.92. The first-order chi connectivity index (χ1) is 9.66. The maximum Gasteiger partial charge on any atom is 0.349 e. The molecule has 0 saturated carbocycles. The van der Waals surface area contributed by atoms with Crippen molar-refractivity contribution in [1.82, 2.24) is 9.71 Å². The summed E-state index contributed by atoms with van der Waals surface area (Å²) < 4.78 is 20.0. The number of nitrogens with zero attached hydrogens (tertiary/aromatic N) is 1. The number of esters is 1. The molecule has 0 spiro atoms. The topological polar surface area (TPSA) is 68.3 Å². The second kappa shape index (κ2) is 7.47. The molecule has 0 aliphatic rings. The molecule has 0 fully saturated rings. The minimum absolute atomic E-state index is 0.154. The van der Waals surface area contributed by atoms with Crippen molar-refractivity contribution in [2.24, 2.45) is 5.92 Å². The number of carbonyl (C=O) groups is 1. The Hall–Kier alpha value is -0.790. The lowest BCUT2D eigenvalue weighted by molar-refractivity contribution is 0.0532. The van der Waals surface area contributed by atoms with E-state index in [2.05, 4.69) is 9.71 Å². The predicted octanol–water partition coefficient (Wildman–Crippen LogP) is 3.07. The number of carbonyl (C=O) groups excluding carboxylic acids is 1. The van der Waals surface area contributed by atoms with Crippen LogP contribution in [0, 0.1) is 5.92 Å². The minimum Gasteiger partial charge on any atom is -0.462 e. The van der Waals surface area contributed by atoms with Crippen molar-refractivity contribution in [3.63, 3.8) is 0 Å². The Bertz CT molecular complexity index is 507. The highest BCUT2D eigenvalue weighted by molar-refractivity contribution is 7.84. The molecule has 5 nitrogen and oxygen atoms in total. The normalized spacial score (nSPS) is 15.0. The van der Waals surface area contributed by atoms with Gasteiger partial charge in [0.15, 0.2) is 0 Å². The number of thiazole rings is 1. The summed E-state index contributed by atoms with van der Waals surface area (Å²) in [6, 6.07) is -0.154. The first-order valence-electron chi connectivity index (χ1n) is 6.97. The molecule has 0 amide bonds. The number of rotatable bonds is 6. The average Bonchev–Trinajstić information content (AvgIpc) is 2.83. The zero-order chi connectivity index (χ0) is 16.2. The molecule has 1 heterocycles. The first kappa shape index (κ1) is 18.3. The van der Waals surface area contributed by atoms with E-state index in [1.54, 1.807) is 6.92 Å². The molecule has 0 radical (unpaired) electrons. The van der Waals surface area contributed by atoms with Gasteiger partial charge in [0.05, 0.1) is 34.6 Å². The summed E-state index contributed by atoms with van der Waals surface area (Å²) in [6.45, 7) is 11.9. The van der Waals surface area contributed by atoms with Crippen LogP contribution >= 0.6 is 11.3 Å². The maximum atomic E-state index is 12.3. The molecular formula is C14H24N2O3S2. The van der Waals surface area contributed by atoms with Crippen molar-refractivity contribution in [2.45, 2.75) is 52.3 Å². The molecule has 0 aromatic carbocycles. The molecule has 1 N–H and O–H groups in total. The smallest absolute Gasteiger partial charge is 0.349 e. The van der Waals surface area contributed by atoms with Crippen LogP contribution < -0.4 is 4.72 Å². The fourth-order valence-corrected chi connectivity index (χ4v) is 3.57. The van der Waals surface area contributed by atoms with Crippen molar-refractivity contribution in [3.8, 4) is 0 Å². The molecule has 2 atom stereocenters. The van der Waals surface area contributed by atoms with Crippen LogP contribution in [0.1, 0.15) is 62.3 Å². The van der Waals surface area contributed by atoms with Crippen molar-refractivity contribution in [1.29, 1.82) is 0 Å². The van der Waals surface area contributed by atoms with E-state index in [1.807, 2.05) is 34.6 Å². The molecule has 1 aromatic heterocycles. The zero-order valence-electron chi connectivity index (χ0n) is 13.4. The summed E-state index contributed by atoms with van der Waals surface area (Å²) in [7, 11) is -1.19. The SMILES string of the molecule is CCOC(=O)c1cnc([C@H](NS(=O)C(C)(C)C)C(C)C)s1. The standard InChI is InChI=1S/C14H24N2O3S2/c1-7-19-13(17)10-8-15-12(20-10)11(9(2)3)16-21(18)14(4,5)6/h8-9,11,16H,7H2,1-6H3/t11-,21?/m1/s1. The zero-order valence-corrected chi connectivity index (χ0v) is 15.1. The van der Waals surface area contributed by atoms with Gasteiger partial charge in [0.1, 0.15) is 9.88 Å². The largest absolute Gasteiger partial charge is 0.462 e. The van der Waals surface area contributed by atoms with Crippen molar-refractivity contribution in [2.75, 3.05) is 6.61 Å². The van der Waals surface area contributed by atoms with Crippen LogP contribution in [0.5, 0.6) is 0 Å². The van der Waals surface area contributed by atoms with Gasteiger partial charge in [-0.2, -0.15) is 0 Å². The molecule has 120 valence electrons. The van der Waals surface area contributed by atoms with Crippen LogP contribution in [-0.4, -0.2) is 26.5 Å². The molecule has 0 saturated heterocycles. The molecule has 0 aliphatic carbocycles. The molecule has 1 rings (SSSR count). The third kappa shape index (κ3) is 5.16. The van der Waals surface area contributed by atoms with Gasteiger partial charge in [-0.05, 0) is 33.6 Å². The van der Waals surface area contributed by atoms with E-state index in [1.165, 1.54) is 17.5 Å². The van der Waals surface area contributed by atoms with E-state index < -0.39 is 11.0 Å². The molecule has 0 aliphatic heterocycles. The summed E-state index contributed by atoms with van der Waals surface area (Å²) in [5.74, 6) is -0.154. The lowest BCUT2D eigenvalue weighted by Crippen LogP contribution is -2.37. The van der Waals surface area contributed by atoms with E-state index in [-0.39, 0.29) is 22.7 Å². The highest BCUT2D eigenvalue weighted by Gasteiger charge is 2.27.